The van der Waals surface area contributed by atoms with Gasteiger partial charge in [-0.15, -0.1) is 0 Å². The third kappa shape index (κ3) is 3.68. The number of nitrogens with zero attached hydrogens (tertiary/aromatic N) is 1. The van der Waals surface area contributed by atoms with Crippen LogP contribution in [0.25, 0.3) is 0 Å². The molecule has 0 spiro atoms. The standard InChI is InChI=1S/C19H17NO5/c1-24-18(22)13-6-10-16(11-7-13)25-19(23)14-4-8-15(9-5-14)20-12-2-3-17(20)21/h4-11H,2-3,12H2,1H3. The summed E-state index contributed by atoms with van der Waals surface area (Å²) in [5.41, 5.74) is 1.54. The van der Waals surface area contributed by atoms with Crippen molar-refractivity contribution in [2.75, 3.05) is 18.6 Å². The van der Waals surface area contributed by atoms with E-state index in [0.29, 0.717) is 29.8 Å². The normalized spacial score (nSPS) is 13.6. The first-order valence-electron chi connectivity index (χ1n) is 7.89. The van der Waals surface area contributed by atoms with Gasteiger partial charge in [-0.25, -0.2) is 9.59 Å². The van der Waals surface area contributed by atoms with Crippen molar-refractivity contribution < 1.29 is 23.9 Å². The van der Waals surface area contributed by atoms with E-state index in [1.807, 2.05) is 0 Å². The van der Waals surface area contributed by atoms with E-state index in [1.165, 1.54) is 31.4 Å². The summed E-state index contributed by atoms with van der Waals surface area (Å²) in [7, 11) is 1.30. The lowest BCUT2D eigenvalue weighted by molar-refractivity contribution is -0.117. The molecule has 1 amide bonds. The Bertz CT molecular complexity index is 796. The molecule has 0 aromatic heterocycles. The number of ether oxygens (including phenoxy) is 2. The van der Waals surface area contributed by atoms with Crippen LogP contribution in [0.3, 0.4) is 0 Å². The van der Waals surface area contributed by atoms with Gasteiger partial charge in [0.1, 0.15) is 5.75 Å². The fraction of sp³-hybridized carbons (Fsp3) is 0.211. The van der Waals surface area contributed by atoms with E-state index in [2.05, 4.69) is 4.74 Å². The van der Waals surface area contributed by atoms with Gasteiger partial charge in [0.25, 0.3) is 0 Å². The van der Waals surface area contributed by atoms with E-state index >= 15 is 0 Å². The van der Waals surface area contributed by atoms with Crippen LogP contribution in [-0.4, -0.2) is 31.5 Å². The summed E-state index contributed by atoms with van der Waals surface area (Å²) in [6.45, 7) is 0.704. The Hall–Kier alpha value is -3.15. The molecule has 1 fully saturated rings. The van der Waals surface area contributed by atoms with Crippen molar-refractivity contribution in [1.82, 2.24) is 0 Å². The van der Waals surface area contributed by atoms with Gasteiger partial charge >= 0.3 is 11.9 Å². The molecule has 0 N–H and O–H groups in total. The highest BCUT2D eigenvalue weighted by Crippen LogP contribution is 2.22. The number of hydrogen-bond acceptors (Lipinski definition) is 5. The average molecular weight is 339 g/mol. The number of amides is 1. The number of carbonyl (C=O) groups is 3. The number of carbonyl (C=O) groups excluding carboxylic acids is 3. The van der Waals surface area contributed by atoms with Crippen LogP contribution in [0.5, 0.6) is 5.75 Å². The van der Waals surface area contributed by atoms with Gasteiger partial charge < -0.3 is 14.4 Å². The van der Waals surface area contributed by atoms with Crippen molar-refractivity contribution in [1.29, 1.82) is 0 Å². The van der Waals surface area contributed by atoms with Crippen molar-refractivity contribution >= 4 is 23.5 Å². The lowest BCUT2D eigenvalue weighted by Gasteiger charge is -2.15. The lowest BCUT2D eigenvalue weighted by Crippen LogP contribution is -2.23. The number of benzene rings is 2. The summed E-state index contributed by atoms with van der Waals surface area (Å²) in [6.07, 6.45) is 1.41. The molecule has 0 unspecified atom stereocenters. The lowest BCUT2D eigenvalue weighted by atomic mass is 10.2. The van der Waals surface area contributed by atoms with Crippen molar-refractivity contribution in [2.24, 2.45) is 0 Å². The van der Waals surface area contributed by atoms with Crippen molar-refractivity contribution in [3.05, 3.63) is 59.7 Å². The highest BCUT2D eigenvalue weighted by atomic mass is 16.5. The van der Waals surface area contributed by atoms with Crippen molar-refractivity contribution in [3.63, 3.8) is 0 Å². The maximum Gasteiger partial charge on any atom is 0.343 e. The van der Waals surface area contributed by atoms with Crippen molar-refractivity contribution in [3.8, 4) is 5.75 Å². The third-order valence-corrected chi connectivity index (χ3v) is 3.97. The Morgan fingerprint density at radius 1 is 0.920 bits per heavy atom. The van der Waals surface area contributed by atoms with E-state index in [9.17, 15) is 14.4 Å². The summed E-state index contributed by atoms with van der Waals surface area (Å²) in [5, 5.41) is 0. The Kier molecular flexibility index (Phi) is 4.79. The Balaban J connectivity index is 1.67. The maximum atomic E-state index is 12.2. The fourth-order valence-corrected chi connectivity index (χ4v) is 2.64. The first kappa shape index (κ1) is 16.7. The predicted octanol–water partition coefficient (Wildman–Crippen LogP) is 2.82. The number of rotatable bonds is 4. The Morgan fingerprint density at radius 2 is 1.52 bits per heavy atom. The van der Waals surface area contributed by atoms with E-state index in [0.717, 1.165) is 12.1 Å². The van der Waals surface area contributed by atoms with Crippen LogP contribution in [0.15, 0.2) is 48.5 Å². The summed E-state index contributed by atoms with van der Waals surface area (Å²) in [5.74, 6) is -0.535. The molecule has 6 nitrogen and oxygen atoms in total. The minimum Gasteiger partial charge on any atom is -0.465 e. The summed E-state index contributed by atoms with van der Waals surface area (Å²) >= 11 is 0. The maximum absolute atomic E-state index is 12.2. The van der Waals surface area contributed by atoms with E-state index < -0.39 is 11.9 Å². The number of esters is 2. The second-order valence-corrected chi connectivity index (χ2v) is 5.60. The monoisotopic (exact) mass is 339 g/mol. The van der Waals surface area contributed by atoms with E-state index in [-0.39, 0.29) is 5.91 Å². The zero-order chi connectivity index (χ0) is 17.8. The van der Waals surface area contributed by atoms with Gasteiger partial charge in [0.05, 0.1) is 18.2 Å². The molecule has 128 valence electrons. The van der Waals surface area contributed by atoms with Gasteiger partial charge in [-0.3, -0.25) is 4.79 Å². The topological polar surface area (TPSA) is 72.9 Å². The van der Waals surface area contributed by atoms with Gasteiger partial charge in [-0.2, -0.15) is 0 Å². The summed E-state index contributed by atoms with van der Waals surface area (Å²) < 4.78 is 9.90. The third-order valence-electron chi connectivity index (χ3n) is 3.97. The summed E-state index contributed by atoms with van der Waals surface area (Å²) in [4.78, 5) is 37.0. The minimum atomic E-state index is -0.509. The first-order valence-corrected chi connectivity index (χ1v) is 7.89. The molecule has 2 aromatic carbocycles. The van der Waals surface area contributed by atoms with Gasteiger partial charge in [0.15, 0.2) is 0 Å². The van der Waals surface area contributed by atoms with Crippen LogP contribution in [0.4, 0.5) is 5.69 Å². The predicted molar refractivity (Wildman–Crippen MR) is 90.8 cm³/mol. The molecule has 0 aliphatic carbocycles. The molecule has 0 radical (unpaired) electrons. The number of anilines is 1. The Labute approximate surface area is 145 Å². The van der Waals surface area contributed by atoms with Crippen LogP contribution < -0.4 is 9.64 Å². The molecule has 1 aliphatic rings. The molecule has 0 atom stereocenters. The second kappa shape index (κ2) is 7.17. The second-order valence-electron chi connectivity index (χ2n) is 5.60. The molecule has 1 saturated heterocycles. The molecule has 25 heavy (non-hydrogen) atoms. The molecule has 6 heteroatoms. The number of methoxy groups -OCH3 is 1. The zero-order valence-corrected chi connectivity index (χ0v) is 13.7. The largest absolute Gasteiger partial charge is 0.465 e. The zero-order valence-electron chi connectivity index (χ0n) is 13.7. The SMILES string of the molecule is COC(=O)c1ccc(OC(=O)c2ccc(N3CCCC3=O)cc2)cc1. The quantitative estimate of drug-likeness (QED) is 0.633. The van der Waals surface area contributed by atoms with Crippen LogP contribution >= 0.6 is 0 Å². The first-order chi connectivity index (χ1) is 12.1. The van der Waals surface area contributed by atoms with Gasteiger partial charge in [0, 0.05) is 18.7 Å². The van der Waals surface area contributed by atoms with E-state index in [4.69, 9.17) is 4.74 Å². The van der Waals surface area contributed by atoms with Gasteiger partial charge in [0.2, 0.25) is 5.91 Å². The number of hydrogen-bond donors (Lipinski definition) is 0. The fourth-order valence-electron chi connectivity index (χ4n) is 2.64. The van der Waals surface area contributed by atoms with E-state index in [1.54, 1.807) is 29.2 Å². The molecule has 1 heterocycles. The molecule has 1 aliphatic heterocycles. The highest BCUT2D eigenvalue weighted by molar-refractivity contribution is 5.96. The molecule has 2 aromatic rings. The average Bonchev–Trinajstić information content (AvgIpc) is 3.07. The molecule has 3 rings (SSSR count). The smallest absolute Gasteiger partial charge is 0.343 e. The Morgan fingerprint density at radius 3 is 2.08 bits per heavy atom. The molecule has 0 saturated carbocycles. The van der Waals surface area contributed by atoms with Crippen LogP contribution in [-0.2, 0) is 9.53 Å². The minimum absolute atomic E-state index is 0.0982. The van der Waals surface area contributed by atoms with Crippen LogP contribution in [0.1, 0.15) is 33.6 Å². The highest BCUT2D eigenvalue weighted by Gasteiger charge is 2.21. The van der Waals surface area contributed by atoms with Gasteiger partial charge in [-0.05, 0) is 55.0 Å². The molecular formula is C19H17NO5. The summed E-state index contributed by atoms with van der Waals surface area (Å²) in [6, 6.07) is 12.8. The van der Waals surface area contributed by atoms with Gasteiger partial charge in [-0.1, -0.05) is 0 Å². The molecule has 0 bridgehead atoms. The van der Waals surface area contributed by atoms with Crippen LogP contribution in [0.2, 0.25) is 0 Å². The van der Waals surface area contributed by atoms with Crippen LogP contribution in [0, 0.1) is 0 Å². The van der Waals surface area contributed by atoms with Crippen molar-refractivity contribution in [2.45, 2.75) is 12.8 Å². The molecular weight excluding hydrogens is 322 g/mol.